The molecule has 0 aliphatic carbocycles. The first-order chi connectivity index (χ1) is 10.1. The van der Waals surface area contributed by atoms with E-state index in [0.29, 0.717) is 29.5 Å². The van der Waals surface area contributed by atoms with Crippen LogP contribution in [0.4, 0.5) is 5.69 Å². The molecule has 1 aromatic heterocycles. The highest BCUT2D eigenvalue weighted by Gasteiger charge is 2.19. The monoisotopic (exact) mass is 291 g/mol. The summed E-state index contributed by atoms with van der Waals surface area (Å²) in [5, 5.41) is 0.688. The van der Waals surface area contributed by atoms with E-state index in [0.717, 1.165) is 0 Å². The number of anilines is 1. The van der Waals surface area contributed by atoms with Crippen molar-refractivity contribution in [2.45, 2.75) is 6.29 Å². The fourth-order valence-electron chi connectivity index (χ4n) is 2.22. The van der Waals surface area contributed by atoms with Crippen LogP contribution in [0.15, 0.2) is 33.5 Å². The first-order valence-corrected chi connectivity index (χ1v) is 6.40. The number of nitrogens with zero attached hydrogens (tertiary/aromatic N) is 1. The van der Waals surface area contributed by atoms with Crippen LogP contribution in [0.3, 0.4) is 0 Å². The summed E-state index contributed by atoms with van der Waals surface area (Å²) in [6.45, 7) is 0.362. The van der Waals surface area contributed by atoms with Gasteiger partial charge in [0.1, 0.15) is 11.1 Å². The largest absolute Gasteiger partial charge is 0.422 e. The fourth-order valence-corrected chi connectivity index (χ4v) is 2.22. The van der Waals surface area contributed by atoms with E-state index in [1.54, 1.807) is 30.1 Å². The van der Waals surface area contributed by atoms with Crippen molar-refractivity contribution in [2.24, 2.45) is 0 Å². The maximum absolute atomic E-state index is 11.9. The van der Waals surface area contributed by atoms with Crippen molar-refractivity contribution < 1.29 is 18.7 Å². The van der Waals surface area contributed by atoms with Gasteiger partial charge >= 0.3 is 5.63 Å². The Bertz CT molecular complexity index is 690. The number of hydrogen-bond acceptors (Lipinski definition) is 6. The molecule has 0 spiro atoms. The summed E-state index contributed by atoms with van der Waals surface area (Å²) in [6, 6.07) is 7.07. The summed E-state index contributed by atoms with van der Waals surface area (Å²) in [5.41, 5.74) is 0.274. The number of hydrogen-bond donors (Lipinski definition) is 0. The average Bonchev–Trinajstić information content (AvgIpc) is 2.50. The van der Waals surface area contributed by atoms with Gasteiger partial charge in [-0.1, -0.05) is 12.1 Å². The van der Waals surface area contributed by atoms with Crippen LogP contribution in [-0.2, 0) is 9.47 Å². The summed E-state index contributed by atoms with van der Waals surface area (Å²) in [6.07, 6.45) is 0.0409. The topological polar surface area (TPSA) is 69.0 Å². The Morgan fingerprint density at radius 2 is 1.95 bits per heavy atom. The number of fused-ring (bicyclic) bond motifs is 1. The van der Waals surface area contributed by atoms with Gasteiger partial charge in [0, 0.05) is 26.7 Å². The van der Waals surface area contributed by atoms with Gasteiger partial charge in [-0.25, -0.2) is 4.79 Å². The third-order valence-corrected chi connectivity index (χ3v) is 3.27. The number of carbonyl (C=O) groups excluding carboxylic acids is 1. The maximum atomic E-state index is 11.9. The van der Waals surface area contributed by atoms with Crippen molar-refractivity contribution >= 4 is 22.9 Å². The van der Waals surface area contributed by atoms with Gasteiger partial charge in [-0.05, 0) is 12.1 Å². The van der Waals surface area contributed by atoms with Gasteiger partial charge in [0.15, 0.2) is 12.6 Å². The van der Waals surface area contributed by atoms with Crippen LogP contribution in [0.5, 0.6) is 0 Å². The molecule has 0 unspecified atom stereocenters. The van der Waals surface area contributed by atoms with Gasteiger partial charge in [-0.3, -0.25) is 4.79 Å². The maximum Gasteiger partial charge on any atom is 0.349 e. The molecule has 1 aromatic carbocycles. The molecule has 0 saturated heterocycles. The van der Waals surface area contributed by atoms with E-state index in [4.69, 9.17) is 13.9 Å². The summed E-state index contributed by atoms with van der Waals surface area (Å²) in [4.78, 5) is 24.9. The Hall–Kier alpha value is -2.18. The lowest BCUT2D eigenvalue weighted by molar-refractivity contribution is -0.0944. The second-order valence-electron chi connectivity index (χ2n) is 4.55. The molecule has 0 N–H and O–H groups in total. The smallest absolute Gasteiger partial charge is 0.349 e. The Morgan fingerprint density at radius 3 is 2.57 bits per heavy atom. The summed E-state index contributed by atoms with van der Waals surface area (Å²) in [5.74, 6) is 0. The number of aldehydes is 1. The molecule has 0 amide bonds. The molecule has 0 aliphatic heterocycles. The molecule has 112 valence electrons. The molecule has 6 heteroatoms. The first kappa shape index (κ1) is 15.2. The van der Waals surface area contributed by atoms with Crippen molar-refractivity contribution in [3.8, 4) is 0 Å². The van der Waals surface area contributed by atoms with Crippen molar-refractivity contribution in [2.75, 3.05) is 32.7 Å². The van der Waals surface area contributed by atoms with E-state index >= 15 is 0 Å². The Morgan fingerprint density at radius 1 is 1.29 bits per heavy atom. The first-order valence-electron chi connectivity index (χ1n) is 6.40. The standard InChI is InChI=1S/C15H17NO5/c1-16(8-13(19-2)20-3)14-10-6-4-5-7-12(10)21-15(18)11(14)9-17/h4-7,9,13H,8H2,1-3H3. The summed E-state index contributed by atoms with van der Waals surface area (Å²) < 4.78 is 15.5. The third-order valence-electron chi connectivity index (χ3n) is 3.27. The number of para-hydroxylation sites is 1. The minimum absolute atomic E-state index is 0.0119. The number of methoxy groups -OCH3 is 2. The van der Waals surface area contributed by atoms with E-state index in [9.17, 15) is 9.59 Å². The van der Waals surface area contributed by atoms with Crippen LogP contribution in [0, 0.1) is 0 Å². The SMILES string of the molecule is COC(CN(C)c1c(C=O)c(=O)oc2ccccc12)OC. The number of carbonyl (C=O) groups is 1. The highest BCUT2D eigenvalue weighted by Crippen LogP contribution is 2.27. The van der Waals surface area contributed by atoms with Gasteiger partial charge in [0.2, 0.25) is 0 Å². The normalized spacial score (nSPS) is 11.0. The lowest BCUT2D eigenvalue weighted by Crippen LogP contribution is -2.33. The van der Waals surface area contributed by atoms with Crippen LogP contribution < -0.4 is 10.5 Å². The Balaban J connectivity index is 2.59. The van der Waals surface area contributed by atoms with E-state index in [2.05, 4.69) is 0 Å². The lowest BCUT2D eigenvalue weighted by Gasteiger charge is -2.25. The quantitative estimate of drug-likeness (QED) is 0.458. The second-order valence-corrected chi connectivity index (χ2v) is 4.55. The van der Waals surface area contributed by atoms with Crippen molar-refractivity contribution in [3.63, 3.8) is 0 Å². The molecule has 2 aromatic rings. The molecule has 0 aliphatic rings. The molecule has 21 heavy (non-hydrogen) atoms. The molecular formula is C15H17NO5. The van der Waals surface area contributed by atoms with Crippen LogP contribution in [0.2, 0.25) is 0 Å². The molecule has 0 radical (unpaired) electrons. The van der Waals surface area contributed by atoms with Crippen LogP contribution in [-0.4, -0.2) is 40.4 Å². The second kappa shape index (κ2) is 6.51. The predicted molar refractivity (Wildman–Crippen MR) is 78.9 cm³/mol. The van der Waals surface area contributed by atoms with E-state index in [-0.39, 0.29) is 5.56 Å². The van der Waals surface area contributed by atoms with Gasteiger partial charge in [-0.15, -0.1) is 0 Å². The summed E-state index contributed by atoms with van der Waals surface area (Å²) in [7, 11) is 4.82. The van der Waals surface area contributed by atoms with E-state index < -0.39 is 11.9 Å². The predicted octanol–water partition coefficient (Wildman–Crippen LogP) is 1.66. The third kappa shape index (κ3) is 2.96. The van der Waals surface area contributed by atoms with Gasteiger partial charge in [0.05, 0.1) is 12.2 Å². The highest BCUT2D eigenvalue weighted by atomic mass is 16.7. The molecule has 0 fully saturated rings. The molecule has 2 rings (SSSR count). The minimum atomic E-state index is -0.656. The van der Waals surface area contributed by atoms with Crippen LogP contribution >= 0.6 is 0 Å². The van der Waals surface area contributed by atoms with E-state index in [1.807, 2.05) is 6.07 Å². The number of benzene rings is 1. The summed E-state index contributed by atoms with van der Waals surface area (Å²) >= 11 is 0. The lowest BCUT2D eigenvalue weighted by atomic mass is 10.1. The van der Waals surface area contributed by atoms with Gasteiger partial charge in [0.25, 0.3) is 0 Å². The zero-order valence-corrected chi connectivity index (χ0v) is 12.2. The number of ether oxygens (including phenoxy) is 2. The zero-order chi connectivity index (χ0) is 15.4. The molecular weight excluding hydrogens is 274 g/mol. The molecule has 0 atom stereocenters. The zero-order valence-electron chi connectivity index (χ0n) is 12.2. The highest BCUT2D eigenvalue weighted by molar-refractivity contribution is 5.99. The number of rotatable bonds is 6. The minimum Gasteiger partial charge on any atom is -0.422 e. The Kier molecular flexibility index (Phi) is 4.72. The van der Waals surface area contributed by atoms with E-state index in [1.165, 1.54) is 14.2 Å². The van der Waals surface area contributed by atoms with Crippen molar-refractivity contribution in [1.29, 1.82) is 0 Å². The molecule has 0 saturated carbocycles. The molecule has 1 heterocycles. The average molecular weight is 291 g/mol. The van der Waals surface area contributed by atoms with Crippen molar-refractivity contribution in [3.05, 3.63) is 40.2 Å². The molecule has 0 bridgehead atoms. The van der Waals surface area contributed by atoms with Crippen LogP contribution in [0.1, 0.15) is 10.4 Å². The van der Waals surface area contributed by atoms with Gasteiger partial charge < -0.3 is 18.8 Å². The molecule has 6 nitrogen and oxygen atoms in total. The number of likely N-dealkylation sites (N-methyl/N-ethyl adjacent to an activating group) is 1. The van der Waals surface area contributed by atoms with Crippen molar-refractivity contribution in [1.82, 2.24) is 0 Å². The van der Waals surface area contributed by atoms with Gasteiger partial charge in [-0.2, -0.15) is 0 Å². The Labute approximate surface area is 121 Å². The van der Waals surface area contributed by atoms with Crippen LogP contribution in [0.25, 0.3) is 11.0 Å². The fraction of sp³-hybridized carbons (Fsp3) is 0.333.